The van der Waals surface area contributed by atoms with Crippen molar-refractivity contribution in [1.82, 2.24) is 0 Å². The van der Waals surface area contributed by atoms with Crippen molar-refractivity contribution in [2.24, 2.45) is 0 Å². The molecule has 4 rings (SSSR count). The molecule has 2 aliphatic heterocycles. The molecule has 0 spiro atoms. The number of carbonyl (C=O) groups is 1. The van der Waals surface area contributed by atoms with Crippen LogP contribution in [0.5, 0.6) is 0 Å². The smallest absolute Gasteiger partial charge is 0.261 e. The molecular weight excluding hydrogens is 348 g/mol. The van der Waals surface area contributed by atoms with Gasteiger partial charge in [0, 0.05) is 12.2 Å². The number of rotatable bonds is 4. The summed E-state index contributed by atoms with van der Waals surface area (Å²) in [6.07, 6.45) is 2.57. The van der Waals surface area contributed by atoms with Crippen molar-refractivity contribution < 1.29 is 13.2 Å². The van der Waals surface area contributed by atoms with Crippen LogP contribution in [-0.2, 0) is 27.7 Å². The van der Waals surface area contributed by atoms with Crippen LogP contribution in [0.15, 0.2) is 41.3 Å². The topological polar surface area (TPSA) is 66.5 Å². The summed E-state index contributed by atoms with van der Waals surface area (Å²) in [5, 5.41) is 0. The van der Waals surface area contributed by atoms with Gasteiger partial charge in [0.05, 0.1) is 16.5 Å². The van der Waals surface area contributed by atoms with Crippen LogP contribution in [-0.4, -0.2) is 20.9 Å². The van der Waals surface area contributed by atoms with Crippen LogP contribution in [0.25, 0.3) is 0 Å². The highest BCUT2D eigenvalue weighted by atomic mass is 32.2. The minimum Gasteiger partial charge on any atom is -0.311 e. The molecular formula is C20H22N2O3S. The summed E-state index contributed by atoms with van der Waals surface area (Å²) >= 11 is 0. The van der Waals surface area contributed by atoms with Gasteiger partial charge in [-0.1, -0.05) is 19.1 Å². The molecule has 1 N–H and O–H groups in total. The average Bonchev–Trinajstić information content (AvgIpc) is 2.89. The van der Waals surface area contributed by atoms with Crippen LogP contribution in [0.1, 0.15) is 42.9 Å². The molecule has 1 atom stereocenters. The molecule has 1 amide bonds. The Bertz CT molecular complexity index is 981. The van der Waals surface area contributed by atoms with Crippen molar-refractivity contribution in [2.75, 3.05) is 16.2 Å². The second-order valence-electron chi connectivity index (χ2n) is 6.99. The van der Waals surface area contributed by atoms with E-state index in [1.807, 2.05) is 24.0 Å². The normalized spacial score (nSPS) is 18.8. The lowest BCUT2D eigenvalue weighted by Crippen LogP contribution is -2.32. The monoisotopic (exact) mass is 370 g/mol. The maximum absolute atomic E-state index is 12.9. The second kappa shape index (κ2) is 6.13. The highest BCUT2D eigenvalue weighted by Gasteiger charge is 2.38. The van der Waals surface area contributed by atoms with Crippen molar-refractivity contribution in [3.05, 3.63) is 53.1 Å². The third kappa shape index (κ3) is 2.69. The van der Waals surface area contributed by atoms with Crippen molar-refractivity contribution >= 4 is 27.3 Å². The summed E-state index contributed by atoms with van der Waals surface area (Å²) < 4.78 is 28.5. The summed E-state index contributed by atoms with van der Waals surface area (Å²) in [4.78, 5) is 14.5. The summed E-state index contributed by atoms with van der Waals surface area (Å²) in [5.74, 6) is -0.223. The van der Waals surface area contributed by atoms with Gasteiger partial charge in [-0.3, -0.25) is 9.52 Å². The summed E-state index contributed by atoms with van der Waals surface area (Å²) in [6.45, 7) is 4.63. The molecule has 6 heteroatoms. The molecule has 0 bridgehead atoms. The number of anilines is 2. The number of sulfonamides is 1. The van der Waals surface area contributed by atoms with E-state index >= 15 is 0 Å². The standard InChI is InChI=1S/C20H22N2O3S/c1-3-14-6-8-16(9-7-14)21-26(24,25)17-11-15-5-4-10-22-19(15)18(12-17)13(2)20(22)23/h6-9,11-13,21H,3-5,10H2,1-2H3/t13-/m0/s1. The number of amides is 1. The zero-order valence-electron chi connectivity index (χ0n) is 15.0. The molecule has 5 nitrogen and oxygen atoms in total. The van der Waals surface area contributed by atoms with Crippen LogP contribution < -0.4 is 9.62 Å². The minimum atomic E-state index is -3.70. The van der Waals surface area contributed by atoms with E-state index in [1.54, 1.807) is 24.3 Å². The van der Waals surface area contributed by atoms with E-state index in [1.165, 1.54) is 0 Å². The van der Waals surface area contributed by atoms with Crippen LogP contribution in [0, 0.1) is 0 Å². The zero-order chi connectivity index (χ0) is 18.5. The first-order valence-corrected chi connectivity index (χ1v) is 10.5. The van der Waals surface area contributed by atoms with Crippen LogP contribution >= 0.6 is 0 Å². The van der Waals surface area contributed by atoms with E-state index in [4.69, 9.17) is 0 Å². The highest BCUT2D eigenvalue weighted by Crippen LogP contribution is 2.44. The fourth-order valence-corrected chi connectivity index (χ4v) is 4.99. The number of hydrogen-bond acceptors (Lipinski definition) is 3. The van der Waals surface area contributed by atoms with Crippen LogP contribution in [0.2, 0.25) is 0 Å². The fraction of sp³-hybridized carbons (Fsp3) is 0.350. The number of nitrogens with one attached hydrogen (secondary N) is 1. The Hall–Kier alpha value is -2.34. The molecule has 2 aromatic carbocycles. The van der Waals surface area contributed by atoms with E-state index in [2.05, 4.69) is 11.6 Å². The maximum Gasteiger partial charge on any atom is 0.261 e. The quantitative estimate of drug-likeness (QED) is 0.896. The first-order chi connectivity index (χ1) is 12.4. The maximum atomic E-state index is 12.9. The van der Waals surface area contributed by atoms with E-state index in [-0.39, 0.29) is 16.7 Å². The van der Waals surface area contributed by atoms with Crippen molar-refractivity contribution in [1.29, 1.82) is 0 Å². The molecule has 0 unspecified atom stereocenters. The zero-order valence-corrected chi connectivity index (χ0v) is 15.8. The number of aryl methyl sites for hydroxylation is 2. The van der Waals surface area contributed by atoms with Gasteiger partial charge in [-0.05, 0) is 67.1 Å². The first-order valence-electron chi connectivity index (χ1n) is 9.00. The highest BCUT2D eigenvalue weighted by molar-refractivity contribution is 7.92. The Morgan fingerprint density at radius 1 is 1.19 bits per heavy atom. The third-order valence-corrected chi connectivity index (χ3v) is 6.68. The van der Waals surface area contributed by atoms with Gasteiger partial charge in [0.1, 0.15) is 0 Å². The summed E-state index contributed by atoms with van der Waals surface area (Å²) in [7, 11) is -3.70. The molecule has 2 heterocycles. The van der Waals surface area contributed by atoms with Crippen molar-refractivity contribution in [3.63, 3.8) is 0 Å². The lowest BCUT2D eigenvalue weighted by atomic mass is 9.97. The predicted octanol–water partition coefficient (Wildman–Crippen LogP) is 3.45. The lowest BCUT2D eigenvalue weighted by molar-refractivity contribution is -0.119. The largest absolute Gasteiger partial charge is 0.311 e. The number of benzene rings is 2. The van der Waals surface area contributed by atoms with Crippen LogP contribution in [0.3, 0.4) is 0 Å². The molecule has 0 aliphatic carbocycles. The number of carbonyl (C=O) groups excluding carboxylic acids is 1. The van der Waals surface area contributed by atoms with Gasteiger partial charge in [0.15, 0.2) is 0 Å². The van der Waals surface area contributed by atoms with E-state index in [0.29, 0.717) is 5.69 Å². The van der Waals surface area contributed by atoms with Gasteiger partial charge in [-0.25, -0.2) is 8.42 Å². The average molecular weight is 370 g/mol. The SMILES string of the molecule is CCc1ccc(NS(=O)(=O)c2cc3c4c(c2)[C@H](C)C(=O)N4CCC3)cc1. The summed E-state index contributed by atoms with van der Waals surface area (Å²) in [5.41, 5.74) is 4.41. The fourth-order valence-electron chi connectivity index (χ4n) is 3.84. The molecule has 26 heavy (non-hydrogen) atoms. The molecule has 0 fully saturated rings. The van der Waals surface area contributed by atoms with Gasteiger partial charge in [-0.15, -0.1) is 0 Å². The lowest BCUT2D eigenvalue weighted by Gasteiger charge is -2.26. The Balaban J connectivity index is 1.72. The second-order valence-corrected chi connectivity index (χ2v) is 8.67. The predicted molar refractivity (Wildman–Crippen MR) is 102 cm³/mol. The Kier molecular flexibility index (Phi) is 4.03. The van der Waals surface area contributed by atoms with E-state index < -0.39 is 10.0 Å². The van der Waals surface area contributed by atoms with Crippen molar-refractivity contribution in [2.45, 2.75) is 43.9 Å². The summed E-state index contributed by atoms with van der Waals surface area (Å²) in [6, 6.07) is 10.8. The van der Waals surface area contributed by atoms with Gasteiger partial charge >= 0.3 is 0 Å². The first kappa shape index (κ1) is 17.1. The van der Waals surface area contributed by atoms with Gasteiger partial charge in [-0.2, -0.15) is 0 Å². The number of hydrogen-bond donors (Lipinski definition) is 1. The Morgan fingerprint density at radius 3 is 2.62 bits per heavy atom. The minimum absolute atomic E-state index is 0.0682. The van der Waals surface area contributed by atoms with Crippen LogP contribution in [0.4, 0.5) is 11.4 Å². The molecule has 0 saturated carbocycles. The van der Waals surface area contributed by atoms with Gasteiger partial charge < -0.3 is 4.90 Å². The molecule has 2 aliphatic rings. The molecule has 0 radical (unpaired) electrons. The molecule has 136 valence electrons. The molecule has 2 aromatic rings. The Morgan fingerprint density at radius 2 is 1.92 bits per heavy atom. The molecule has 0 saturated heterocycles. The third-order valence-electron chi connectivity index (χ3n) is 5.32. The van der Waals surface area contributed by atoms with E-state index in [9.17, 15) is 13.2 Å². The van der Waals surface area contributed by atoms with Crippen molar-refractivity contribution in [3.8, 4) is 0 Å². The van der Waals surface area contributed by atoms with Gasteiger partial charge in [0.2, 0.25) is 5.91 Å². The van der Waals surface area contributed by atoms with E-state index in [0.717, 1.165) is 48.2 Å². The molecule has 0 aromatic heterocycles. The number of nitrogens with zero attached hydrogens (tertiary/aromatic N) is 1. The van der Waals surface area contributed by atoms with Gasteiger partial charge in [0.25, 0.3) is 10.0 Å². The Labute approximate surface area is 154 Å².